The van der Waals surface area contributed by atoms with Gasteiger partial charge >= 0.3 is 0 Å². The molecule has 0 radical (unpaired) electrons. The number of piperidine rings is 2. The van der Waals surface area contributed by atoms with Crippen molar-refractivity contribution >= 4 is 17.5 Å². The average molecular weight is 456 g/mol. The Morgan fingerprint density at radius 1 is 1.15 bits per heavy atom. The van der Waals surface area contributed by atoms with Crippen molar-refractivity contribution in [2.24, 2.45) is 11.8 Å². The number of hydrogen-bond donors (Lipinski definition) is 2. The van der Waals surface area contributed by atoms with Gasteiger partial charge in [0.05, 0.1) is 18.2 Å². The first kappa shape index (κ1) is 23.7. The monoisotopic (exact) mass is 455 g/mol. The van der Waals surface area contributed by atoms with Crippen LogP contribution in [-0.4, -0.2) is 72.0 Å². The second-order valence-corrected chi connectivity index (χ2v) is 9.49. The number of nitrogens with one attached hydrogen (secondary N) is 2. The second kappa shape index (κ2) is 11.6. The molecule has 4 heterocycles. The van der Waals surface area contributed by atoms with E-state index in [4.69, 9.17) is 4.74 Å². The number of carbonyl (C=O) groups excluding carboxylic acids is 2. The van der Waals surface area contributed by atoms with Gasteiger partial charge < -0.3 is 24.7 Å². The highest BCUT2D eigenvalue weighted by atomic mass is 16.5. The highest BCUT2D eigenvalue weighted by molar-refractivity contribution is 5.94. The molecular weight excluding hydrogens is 418 g/mol. The number of pyridine rings is 1. The molecule has 33 heavy (non-hydrogen) atoms. The number of nitrogens with zero attached hydrogens (tertiary/aromatic N) is 3. The Kier molecular flexibility index (Phi) is 8.34. The average Bonchev–Trinajstić information content (AvgIpc) is 3.32. The minimum Gasteiger partial charge on any atom is -0.384 e. The molecule has 0 saturated carbocycles. The van der Waals surface area contributed by atoms with Crippen LogP contribution in [0.15, 0.2) is 30.7 Å². The molecule has 2 atom stereocenters. The number of hydrogen-bond acceptors (Lipinski definition) is 5. The first-order valence-corrected chi connectivity index (χ1v) is 12.4. The van der Waals surface area contributed by atoms with E-state index in [1.165, 1.54) is 6.42 Å². The number of fused-ring (bicyclic) bond motifs is 1. The number of rotatable bonds is 9. The number of amides is 2. The zero-order valence-electron chi connectivity index (χ0n) is 19.7. The highest BCUT2D eigenvalue weighted by Crippen LogP contribution is 2.24. The van der Waals surface area contributed by atoms with E-state index in [1.807, 2.05) is 28.9 Å². The van der Waals surface area contributed by atoms with E-state index in [0.717, 1.165) is 70.4 Å². The largest absolute Gasteiger partial charge is 0.384 e. The van der Waals surface area contributed by atoms with E-state index in [9.17, 15) is 9.59 Å². The third-order valence-corrected chi connectivity index (χ3v) is 7.12. The van der Waals surface area contributed by atoms with Gasteiger partial charge in [-0.05, 0) is 56.1 Å². The van der Waals surface area contributed by atoms with Crippen LogP contribution in [-0.2, 0) is 9.53 Å². The Labute approximate surface area is 196 Å². The van der Waals surface area contributed by atoms with Crippen LogP contribution >= 0.6 is 0 Å². The molecular formula is C25H37N5O3. The van der Waals surface area contributed by atoms with E-state index < -0.39 is 0 Å². The van der Waals surface area contributed by atoms with Crippen LogP contribution in [0.5, 0.6) is 0 Å². The lowest BCUT2D eigenvalue weighted by Gasteiger charge is -2.36. The Hall–Kier alpha value is -2.45. The maximum Gasteiger partial charge on any atom is 0.252 e. The van der Waals surface area contributed by atoms with Crippen molar-refractivity contribution in [3.8, 4) is 0 Å². The molecule has 2 aromatic heterocycles. The van der Waals surface area contributed by atoms with Crippen LogP contribution in [0.4, 0.5) is 0 Å². The fourth-order valence-electron chi connectivity index (χ4n) is 5.08. The molecule has 0 aliphatic carbocycles. The quantitative estimate of drug-likeness (QED) is 0.567. The molecule has 4 rings (SSSR count). The minimum atomic E-state index is -0.0396. The number of carbonyl (C=O) groups is 2. The van der Waals surface area contributed by atoms with Gasteiger partial charge in [-0.2, -0.15) is 0 Å². The van der Waals surface area contributed by atoms with E-state index in [1.54, 1.807) is 13.3 Å². The molecule has 2 unspecified atom stereocenters. The Morgan fingerprint density at radius 2 is 2.00 bits per heavy atom. The van der Waals surface area contributed by atoms with Crippen LogP contribution in [0, 0.1) is 11.8 Å². The smallest absolute Gasteiger partial charge is 0.252 e. The Balaban J connectivity index is 1.08. The molecule has 2 aliphatic heterocycles. The van der Waals surface area contributed by atoms with Crippen molar-refractivity contribution in [3.63, 3.8) is 0 Å². The summed E-state index contributed by atoms with van der Waals surface area (Å²) in [5.74, 6) is 1.44. The molecule has 8 nitrogen and oxygen atoms in total. The SMILES string of the molecule is COCC1CCC(C(=O)N2CCC(CCCCNC(=O)c3ccc4nccn4c3)CC2)NC1. The van der Waals surface area contributed by atoms with Crippen LogP contribution in [0.1, 0.15) is 55.3 Å². The topological polar surface area (TPSA) is 88.0 Å². The summed E-state index contributed by atoms with van der Waals surface area (Å²) < 4.78 is 7.09. The van der Waals surface area contributed by atoms with Gasteiger partial charge in [0.15, 0.2) is 0 Å². The molecule has 2 saturated heterocycles. The van der Waals surface area contributed by atoms with E-state index in [2.05, 4.69) is 20.5 Å². The van der Waals surface area contributed by atoms with Crippen LogP contribution in [0.2, 0.25) is 0 Å². The van der Waals surface area contributed by atoms with Crippen molar-refractivity contribution in [3.05, 3.63) is 36.3 Å². The zero-order chi connectivity index (χ0) is 23.0. The second-order valence-electron chi connectivity index (χ2n) is 9.49. The number of ether oxygens (including phenoxy) is 1. The van der Waals surface area contributed by atoms with Gasteiger partial charge in [-0.25, -0.2) is 4.98 Å². The van der Waals surface area contributed by atoms with Gasteiger partial charge in [0.25, 0.3) is 5.91 Å². The van der Waals surface area contributed by atoms with Crippen LogP contribution < -0.4 is 10.6 Å². The molecule has 0 aromatic carbocycles. The lowest BCUT2D eigenvalue weighted by Crippen LogP contribution is -2.52. The molecule has 2 aromatic rings. The maximum atomic E-state index is 12.8. The van der Waals surface area contributed by atoms with Gasteiger partial charge in [-0.1, -0.05) is 12.8 Å². The lowest BCUT2D eigenvalue weighted by atomic mass is 9.90. The van der Waals surface area contributed by atoms with E-state index in [-0.39, 0.29) is 17.9 Å². The minimum absolute atomic E-state index is 0.0206. The summed E-state index contributed by atoms with van der Waals surface area (Å²) in [5.41, 5.74) is 1.49. The molecule has 0 bridgehead atoms. The number of likely N-dealkylation sites (tertiary alicyclic amines) is 1. The van der Waals surface area contributed by atoms with Crippen molar-refractivity contribution in [2.45, 2.75) is 51.0 Å². The van der Waals surface area contributed by atoms with Gasteiger partial charge in [0, 0.05) is 51.9 Å². The number of imidazole rings is 1. The molecule has 2 amide bonds. The van der Waals surface area contributed by atoms with Crippen molar-refractivity contribution in [1.82, 2.24) is 24.9 Å². The normalized spacial score (nSPS) is 21.9. The van der Waals surface area contributed by atoms with Gasteiger partial charge in [0.1, 0.15) is 5.65 Å². The highest BCUT2D eigenvalue weighted by Gasteiger charge is 2.31. The number of methoxy groups -OCH3 is 1. The first-order valence-electron chi connectivity index (χ1n) is 12.4. The summed E-state index contributed by atoms with van der Waals surface area (Å²) in [6.45, 7) is 4.07. The predicted molar refractivity (Wildman–Crippen MR) is 127 cm³/mol. The van der Waals surface area contributed by atoms with Crippen molar-refractivity contribution < 1.29 is 14.3 Å². The zero-order valence-corrected chi connectivity index (χ0v) is 19.7. The molecule has 2 N–H and O–H groups in total. The molecule has 0 spiro atoms. The Morgan fingerprint density at radius 3 is 2.76 bits per heavy atom. The first-order chi connectivity index (χ1) is 16.1. The van der Waals surface area contributed by atoms with E-state index >= 15 is 0 Å². The van der Waals surface area contributed by atoms with E-state index in [0.29, 0.717) is 23.9 Å². The summed E-state index contributed by atoms with van der Waals surface area (Å²) in [7, 11) is 1.74. The molecule has 180 valence electrons. The van der Waals surface area contributed by atoms with Crippen molar-refractivity contribution in [2.75, 3.05) is 39.9 Å². The van der Waals surface area contributed by atoms with Crippen molar-refractivity contribution in [1.29, 1.82) is 0 Å². The van der Waals surface area contributed by atoms with Gasteiger partial charge in [-0.15, -0.1) is 0 Å². The van der Waals surface area contributed by atoms with Crippen LogP contribution in [0.3, 0.4) is 0 Å². The summed E-state index contributed by atoms with van der Waals surface area (Å²) in [5, 5.41) is 6.45. The fourth-order valence-corrected chi connectivity index (χ4v) is 5.08. The molecule has 8 heteroatoms. The number of unbranched alkanes of at least 4 members (excludes halogenated alkanes) is 1. The van der Waals surface area contributed by atoms with Crippen LogP contribution in [0.25, 0.3) is 5.65 Å². The molecule has 2 fully saturated rings. The summed E-state index contributed by atoms with van der Waals surface area (Å²) in [4.78, 5) is 31.5. The van der Waals surface area contributed by atoms with Gasteiger partial charge in [-0.3, -0.25) is 9.59 Å². The summed E-state index contributed by atoms with van der Waals surface area (Å²) in [6, 6.07) is 3.65. The third kappa shape index (κ3) is 6.32. The maximum absolute atomic E-state index is 12.8. The van der Waals surface area contributed by atoms with Gasteiger partial charge in [0.2, 0.25) is 5.91 Å². The summed E-state index contributed by atoms with van der Waals surface area (Å²) in [6.07, 6.45) is 12.8. The lowest BCUT2D eigenvalue weighted by molar-refractivity contribution is -0.135. The summed E-state index contributed by atoms with van der Waals surface area (Å²) >= 11 is 0. The number of aromatic nitrogens is 2. The fraction of sp³-hybridized carbons (Fsp3) is 0.640. The Bertz CT molecular complexity index is 914. The third-order valence-electron chi connectivity index (χ3n) is 7.12. The molecule has 2 aliphatic rings. The predicted octanol–water partition coefficient (Wildman–Crippen LogP) is 2.49. The standard InChI is InChI=1S/C25H37N5O3/c1-33-18-20-5-7-22(28-16-20)25(32)29-13-9-19(10-14-29)4-2-3-11-27-24(31)21-6-8-23-26-12-15-30(23)17-21/h6,8,12,15,17,19-20,22,28H,2-5,7,9-11,13-14,16,18H2,1H3,(H,27,31).